The fourth-order valence-corrected chi connectivity index (χ4v) is 10.5. The van der Waals surface area contributed by atoms with Gasteiger partial charge in [-0.15, -0.1) is 24.0 Å². The Kier molecular flexibility index (Phi) is 29.3. The van der Waals surface area contributed by atoms with Gasteiger partial charge in [-0.05, 0) is 114 Å². The van der Waals surface area contributed by atoms with E-state index in [1.165, 1.54) is 20.7 Å². The minimum atomic E-state index is -4.57. The fraction of sp³-hybridized carbons (Fsp3) is 0.629. The van der Waals surface area contributed by atoms with E-state index in [0.29, 0.717) is 44.7 Å². The molecule has 2 aliphatic heterocycles. The molecule has 4 aliphatic rings. The van der Waals surface area contributed by atoms with E-state index in [9.17, 15) is 43.2 Å². The van der Waals surface area contributed by atoms with Crippen molar-refractivity contribution in [3.05, 3.63) is 59.7 Å². The van der Waals surface area contributed by atoms with Crippen molar-refractivity contribution in [3.63, 3.8) is 0 Å². The molecule has 2 saturated heterocycles. The number of halogens is 8. The molecule has 25 heteroatoms. The van der Waals surface area contributed by atoms with E-state index in [4.69, 9.17) is 33.1 Å². The molecule has 13 nitrogen and oxygen atoms in total. The first-order valence-corrected chi connectivity index (χ1v) is 21.8. The second-order valence-electron chi connectivity index (χ2n) is 13.7. The molecule has 6 rings (SSSR count). The van der Waals surface area contributed by atoms with Crippen LogP contribution in [-0.2, 0) is 42.1 Å². The first-order chi connectivity index (χ1) is 26.9. The maximum absolute atomic E-state index is 13.1. The quantitative estimate of drug-likeness (QED) is 0.0536. The van der Waals surface area contributed by atoms with Gasteiger partial charge in [-0.25, -0.2) is 16.8 Å². The number of piperidine rings is 2. The Hall–Kier alpha value is 0.963. The number of benzene rings is 2. The summed E-state index contributed by atoms with van der Waals surface area (Å²) in [5.41, 5.74) is 8.59. The number of hydrogen-bond acceptors (Lipinski definition) is 11. The first-order valence-electron chi connectivity index (χ1n) is 18.4. The van der Waals surface area contributed by atoms with Crippen LogP contribution in [0.2, 0.25) is 0 Å². The van der Waals surface area contributed by atoms with Gasteiger partial charge < -0.3 is 33.3 Å². The molecular weight excluding hydrogens is 944 g/mol. The van der Waals surface area contributed by atoms with Gasteiger partial charge in [0, 0.05) is 49.7 Å². The van der Waals surface area contributed by atoms with Crippen LogP contribution >= 0.6 is 24.0 Å². The van der Waals surface area contributed by atoms with Gasteiger partial charge in [0.05, 0.1) is 20.9 Å². The second kappa shape index (κ2) is 28.9. The predicted octanol–water partition coefficient (Wildman–Crippen LogP) is -1.95. The molecule has 0 unspecified atom stereocenters. The van der Waals surface area contributed by atoms with Crippen LogP contribution in [0.15, 0.2) is 58.3 Å². The summed E-state index contributed by atoms with van der Waals surface area (Å²) in [4.78, 5) is 12.9. The number of nitrogens with zero attached hydrogens (tertiary/aromatic N) is 3. The molecule has 0 radical (unpaired) electrons. The zero-order valence-corrected chi connectivity index (χ0v) is 43.0. The van der Waals surface area contributed by atoms with E-state index in [-0.39, 0.29) is 157 Å². The number of likely N-dealkylation sites (tertiary alicyclic amines) is 1. The number of hydrogen-bond donors (Lipinski definition) is 3. The molecule has 0 spiro atoms. The van der Waals surface area contributed by atoms with Gasteiger partial charge in [0.15, 0.2) is 0 Å². The van der Waals surface area contributed by atoms with E-state index in [0.717, 1.165) is 94.8 Å². The first kappa shape index (κ1) is 61.0. The molecule has 334 valence electrons. The zero-order chi connectivity index (χ0) is 42.4. The standard InChI is InChI=1S/C17H24F3N3O2S.C15H19F3N2O2S.C2H6ClN.CH2O3.ClH.2K.H/c18-17(19,20)13-2-1-3-16(12-13)26(24,25)23(14-4-5-14)15-6-9-22(10-7-15)11-8-21;16-15(17,18)11-2-1-3-14(10-11)23(21,22)20(12-4-5-12)13-6-8-19-9-7-13;3-1-2-4;2-1-4-3;;;;/h1-3,12,14-15H,4-11,21H2;1-3,10,12-13,19H,4-9H2;1-2,4H2;1,3H;1H;;;/q;;;;;2*+1;-1/p-1. The summed E-state index contributed by atoms with van der Waals surface area (Å²) in [5.74, 6) is 0.569. The maximum atomic E-state index is 13.1. The minimum Gasteiger partial charge on any atom is -1.00 e. The van der Waals surface area contributed by atoms with Crippen molar-refractivity contribution in [2.24, 2.45) is 11.5 Å². The Morgan fingerprint density at radius 3 is 1.40 bits per heavy atom. The second-order valence-corrected chi connectivity index (χ2v) is 17.8. The van der Waals surface area contributed by atoms with Gasteiger partial charge in [0.1, 0.15) is 0 Å². The predicted molar refractivity (Wildman–Crippen MR) is 207 cm³/mol. The SMILES string of the molecule is Cl.NCCCl.NCCN1CCC(N(C2CC2)S(=O)(=O)c2cccc(C(F)(F)F)c2)CC1.O=CO[O-].O=S(=O)(c1cccc(C(F)(F)F)c1)N(C1CCNCC1)C1CC1.[H-].[K+].[K+]. The molecule has 4 fully saturated rings. The van der Waals surface area contributed by atoms with Gasteiger partial charge in [0.2, 0.25) is 20.0 Å². The topological polar surface area (TPSA) is 191 Å². The third kappa shape index (κ3) is 19.1. The van der Waals surface area contributed by atoms with E-state index < -0.39 is 43.5 Å². The van der Waals surface area contributed by atoms with Crippen LogP contribution in [0.25, 0.3) is 0 Å². The van der Waals surface area contributed by atoms with E-state index >= 15 is 0 Å². The molecule has 0 bridgehead atoms. The largest absolute Gasteiger partial charge is 1.00 e. The van der Waals surface area contributed by atoms with Gasteiger partial charge in [-0.3, -0.25) is 4.79 Å². The summed E-state index contributed by atoms with van der Waals surface area (Å²) >= 11 is 5.06. The van der Waals surface area contributed by atoms with Crippen LogP contribution in [0.3, 0.4) is 0 Å². The molecule has 0 atom stereocenters. The Bertz CT molecular complexity index is 1780. The molecule has 5 N–H and O–H groups in total. The normalized spacial score (nSPS) is 17.8. The molecule has 2 heterocycles. The summed E-state index contributed by atoms with van der Waals surface area (Å²) < 4.78 is 133. The van der Waals surface area contributed by atoms with Crippen molar-refractivity contribution in [2.75, 3.05) is 51.7 Å². The molecule has 2 saturated carbocycles. The van der Waals surface area contributed by atoms with Crippen LogP contribution in [-0.4, -0.2) is 113 Å². The average Bonchev–Trinajstić information content (AvgIpc) is 4.14. The molecule has 60 heavy (non-hydrogen) atoms. The van der Waals surface area contributed by atoms with E-state index in [1.807, 2.05) is 0 Å². The van der Waals surface area contributed by atoms with Gasteiger partial charge >= 0.3 is 115 Å². The van der Waals surface area contributed by atoms with Crippen LogP contribution in [0, 0.1) is 0 Å². The maximum Gasteiger partial charge on any atom is 1.00 e. The number of nitrogens with one attached hydrogen (secondary N) is 1. The van der Waals surface area contributed by atoms with Crippen molar-refractivity contribution in [1.29, 1.82) is 0 Å². The Balaban J connectivity index is 0. The van der Waals surface area contributed by atoms with E-state index in [1.54, 1.807) is 0 Å². The van der Waals surface area contributed by atoms with Crippen molar-refractivity contribution in [1.82, 2.24) is 18.8 Å². The molecule has 2 aliphatic carbocycles. The van der Waals surface area contributed by atoms with Crippen molar-refractivity contribution in [3.8, 4) is 0 Å². The summed E-state index contributed by atoms with van der Waals surface area (Å²) in [7, 11) is -7.87. The Labute approximate surface area is 446 Å². The Morgan fingerprint density at radius 2 is 1.10 bits per heavy atom. The number of sulfonamides is 2. The molecule has 0 amide bonds. The number of carbonyl (C=O) groups excluding carboxylic acids is 1. The van der Waals surface area contributed by atoms with Crippen LogP contribution < -0.4 is 125 Å². The summed E-state index contributed by atoms with van der Waals surface area (Å²) in [6, 6.07) is 7.62. The summed E-state index contributed by atoms with van der Waals surface area (Å²) in [6.07, 6.45) is -3.30. The summed E-state index contributed by atoms with van der Waals surface area (Å²) in [6.45, 7) is 4.70. The number of alkyl halides is 7. The monoisotopic (exact) mass is 994 g/mol. The minimum absolute atomic E-state index is 0. The number of nitrogens with two attached hydrogens (primary N) is 2. The third-order valence-corrected chi connectivity index (χ3v) is 13.7. The molecule has 2 aromatic carbocycles. The molecule has 2 aromatic rings. The van der Waals surface area contributed by atoms with Crippen molar-refractivity contribution >= 4 is 50.5 Å². The fourth-order valence-electron chi connectivity index (χ4n) is 6.59. The zero-order valence-electron chi connectivity index (χ0n) is 34.5. The molecular formula is C35H52Cl2F6K2N6O7S2. The summed E-state index contributed by atoms with van der Waals surface area (Å²) in [5, 5.41) is 11.6. The van der Waals surface area contributed by atoms with Gasteiger partial charge in [0.25, 0.3) is 6.47 Å². The van der Waals surface area contributed by atoms with Crippen LogP contribution in [0.5, 0.6) is 0 Å². The number of rotatable bonds is 12. The molecule has 0 aromatic heterocycles. The van der Waals surface area contributed by atoms with Crippen molar-refractivity contribution < 1.29 is 162 Å². The van der Waals surface area contributed by atoms with Crippen LogP contribution in [0.1, 0.15) is 63.9 Å². The van der Waals surface area contributed by atoms with Gasteiger partial charge in [-0.1, -0.05) is 12.1 Å². The van der Waals surface area contributed by atoms with Gasteiger partial charge in [-0.2, -0.15) is 35.0 Å². The van der Waals surface area contributed by atoms with Crippen molar-refractivity contribution in [2.45, 2.75) is 97.7 Å². The Morgan fingerprint density at radius 1 is 0.750 bits per heavy atom. The van der Waals surface area contributed by atoms with Crippen LogP contribution in [0.4, 0.5) is 26.3 Å². The van der Waals surface area contributed by atoms with E-state index in [2.05, 4.69) is 15.1 Å². The number of carbonyl (C=O) groups is 1. The third-order valence-electron chi connectivity index (χ3n) is 9.47. The average molecular weight is 996 g/mol. The smallest absolute Gasteiger partial charge is 1.00 e.